The molecule has 0 bridgehead atoms. The summed E-state index contributed by atoms with van der Waals surface area (Å²) < 4.78 is 68.5. The molecule has 1 aliphatic rings. The molecule has 0 spiro atoms. The molecule has 0 unspecified atom stereocenters. The highest BCUT2D eigenvalue weighted by Crippen LogP contribution is 2.45. The summed E-state index contributed by atoms with van der Waals surface area (Å²) in [6.07, 6.45) is 0. The first kappa shape index (κ1) is 33.8. The highest BCUT2D eigenvalue weighted by molar-refractivity contribution is 7.86. The number of phenolic OH excluding ortho intramolecular Hbond substituents is 2. The van der Waals surface area contributed by atoms with Crippen molar-refractivity contribution in [3.63, 3.8) is 0 Å². The van der Waals surface area contributed by atoms with Crippen LogP contribution in [0.1, 0.15) is 0 Å². The molecule has 52 heavy (non-hydrogen) atoms. The van der Waals surface area contributed by atoms with E-state index in [2.05, 4.69) is 31.1 Å². The molecular formula is C33H24N8O9S2. The Morgan fingerprint density at radius 1 is 0.538 bits per heavy atom. The van der Waals surface area contributed by atoms with Gasteiger partial charge in [-0.15, -0.1) is 10.2 Å². The monoisotopic (exact) mass is 740 g/mol. The van der Waals surface area contributed by atoms with Crippen LogP contribution in [-0.2, 0) is 20.2 Å². The van der Waals surface area contributed by atoms with Crippen LogP contribution in [0.5, 0.6) is 11.5 Å². The zero-order valence-corrected chi connectivity index (χ0v) is 27.8. The molecule has 0 aromatic heterocycles. The van der Waals surface area contributed by atoms with Crippen LogP contribution in [0.25, 0.3) is 32.7 Å². The number of aromatic hydroxyl groups is 2. The fraction of sp³-hybridized carbons (Fsp3) is 0. The van der Waals surface area contributed by atoms with Crippen molar-refractivity contribution in [3.05, 3.63) is 84.9 Å². The standard InChI is InChI=1S/C33H24N8O9S2/c34-17-1-5-21-15(9-17)11-27(51(45,46)47)29(31(21)42)40-38-19-3-7-23-24-8-4-20(14-26(24)37-33(44)36-25(23)13-19)39-41-30-28(52(48,49)50)12-16-10-18(35)2-6-22(16)32(30)43/h1-14,42-43H,34-35H2,(H2,36,37,44)(H,45,46,47)(H,48,49,50). The topological polar surface area (TPSA) is 292 Å². The van der Waals surface area contributed by atoms with Gasteiger partial charge in [0.05, 0.1) is 22.7 Å². The fourth-order valence-electron chi connectivity index (χ4n) is 5.68. The molecule has 1 aliphatic heterocycles. The molecule has 10 N–H and O–H groups in total. The molecule has 2 amide bonds. The summed E-state index contributed by atoms with van der Waals surface area (Å²) in [5.74, 6) is -1.11. The fourth-order valence-corrected chi connectivity index (χ4v) is 7.00. The van der Waals surface area contributed by atoms with E-state index in [0.717, 1.165) is 12.1 Å². The number of nitrogens with zero attached hydrogens (tertiary/aromatic N) is 4. The highest BCUT2D eigenvalue weighted by atomic mass is 32.2. The van der Waals surface area contributed by atoms with E-state index in [1.807, 2.05) is 0 Å². The SMILES string of the molecule is Nc1ccc2c(O)c(N=Nc3ccc4c(c3)NC(=O)Nc3cc(N=Nc5c(S(=O)(=O)O)cc6cc(N)ccc6c5O)ccc3-4)c(S(=O)(=O)O)cc2c1. The Hall–Kier alpha value is -6.67. The quantitative estimate of drug-likeness (QED) is 0.0469. The smallest absolute Gasteiger partial charge is 0.323 e. The van der Waals surface area contributed by atoms with E-state index in [1.54, 1.807) is 12.1 Å². The summed E-state index contributed by atoms with van der Waals surface area (Å²) in [6, 6.07) is 19.4. The number of carbonyl (C=O) groups excluding carboxylic acids is 1. The van der Waals surface area contributed by atoms with Gasteiger partial charge in [0.15, 0.2) is 11.5 Å². The van der Waals surface area contributed by atoms with Gasteiger partial charge in [0.25, 0.3) is 20.2 Å². The summed E-state index contributed by atoms with van der Waals surface area (Å²) in [5, 5.41) is 44.0. The van der Waals surface area contributed by atoms with E-state index in [1.165, 1.54) is 60.7 Å². The van der Waals surface area contributed by atoms with Crippen LogP contribution >= 0.6 is 0 Å². The molecule has 17 nitrogen and oxygen atoms in total. The Balaban J connectivity index is 1.24. The van der Waals surface area contributed by atoms with Gasteiger partial charge in [-0.1, -0.05) is 0 Å². The van der Waals surface area contributed by atoms with Crippen LogP contribution in [0.15, 0.2) is 115 Å². The van der Waals surface area contributed by atoms with Crippen LogP contribution in [0.2, 0.25) is 0 Å². The summed E-state index contributed by atoms with van der Waals surface area (Å²) in [5.41, 5.74) is 13.0. The van der Waals surface area contributed by atoms with Gasteiger partial charge in [-0.2, -0.15) is 27.1 Å². The first-order valence-corrected chi connectivity index (χ1v) is 17.7. The molecule has 0 atom stereocenters. The number of phenols is 2. The first-order chi connectivity index (χ1) is 24.6. The number of hydrogen-bond acceptors (Lipinski definition) is 13. The number of rotatable bonds is 6. The van der Waals surface area contributed by atoms with Crippen molar-refractivity contribution in [1.29, 1.82) is 0 Å². The van der Waals surface area contributed by atoms with Crippen LogP contribution in [0.4, 0.5) is 50.3 Å². The summed E-state index contributed by atoms with van der Waals surface area (Å²) >= 11 is 0. The highest BCUT2D eigenvalue weighted by Gasteiger charge is 2.24. The number of azo groups is 2. The summed E-state index contributed by atoms with van der Waals surface area (Å²) in [7, 11) is -9.72. The van der Waals surface area contributed by atoms with Gasteiger partial charge < -0.3 is 32.3 Å². The largest absolute Gasteiger partial charge is 0.505 e. The van der Waals surface area contributed by atoms with Gasteiger partial charge in [-0.05, 0) is 95.7 Å². The van der Waals surface area contributed by atoms with Crippen LogP contribution in [0.3, 0.4) is 0 Å². The van der Waals surface area contributed by atoms with Crippen molar-refractivity contribution in [2.24, 2.45) is 20.5 Å². The summed E-state index contributed by atoms with van der Waals surface area (Å²) in [6.45, 7) is 0. The maximum absolute atomic E-state index is 12.9. The number of urea groups is 1. The minimum atomic E-state index is -4.86. The van der Waals surface area contributed by atoms with E-state index in [9.17, 15) is 40.9 Å². The molecule has 1 heterocycles. The van der Waals surface area contributed by atoms with Gasteiger partial charge in [-0.3, -0.25) is 9.11 Å². The molecule has 0 fully saturated rings. The third-order valence-electron chi connectivity index (χ3n) is 8.03. The second-order valence-corrected chi connectivity index (χ2v) is 14.3. The number of amides is 2. The zero-order chi connectivity index (χ0) is 37.1. The molecule has 0 aliphatic carbocycles. The van der Waals surface area contributed by atoms with Crippen molar-refractivity contribution in [2.75, 3.05) is 22.1 Å². The third-order valence-corrected chi connectivity index (χ3v) is 9.76. The molecule has 0 saturated heterocycles. The molecular weight excluding hydrogens is 717 g/mol. The number of nitrogens with two attached hydrogens (primary N) is 2. The lowest BCUT2D eigenvalue weighted by molar-refractivity contribution is 0.262. The van der Waals surface area contributed by atoms with E-state index >= 15 is 0 Å². The predicted octanol–water partition coefficient (Wildman–Crippen LogP) is 7.52. The van der Waals surface area contributed by atoms with Crippen molar-refractivity contribution >= 4 is 93.3 Å². The Labute approximate surface area is 293 Å². The van der Waals surface area contributed by atoms with Crippen molar-refractivity contribution in [2.45, 2.75) is 9.79 Å². The van der Waals surface area contributed by atoms with Gasteiger partial charge in [0.2, 0.25) is 0 Å². The van der Waals surface area contributed by atoms with Crippen LogP contribution in [-0.4, -0.2) is 42.2 Å². The van der Waals surface area contributed by atoms with E-state index < -0.39 is 58.9 Å². The maximum atomic E-state index is 12.9. The lowest BCUT2D eigenvalue weighted by Gasteiger charge is -2.11. The number of benzene rings is 6. The molecule has 19 heteroatoms. The van der Waals surface area contributed by atoms with Crippen LogP contribution < -0.4 is 22.1 Å². The van der Waals surface area contributed by atoms with Gasteiger partial charge in [0, 0.05) is 33.3 Å². The second kappa shape index (κ2) is 12.3. The van der Waals surface area contributed by atoms with Crippen LogP contribution in [0, 0.1) is 0 Å². The lowest BCUT2D eigenvalue weighted by atomic mass is 10.0. The number of hydrogen-bond donors (Lipinski definition) is 8. The number of nitrogen functional groups attached to an aromatic ring is 2. The average molecular weight is 741 g/mol. The van der Waals surface area contributed by atoms with Crippen molar-refractivity contribution in [3.8, 4) is 22.6 Å². The van der Waals surface area contributed by atoms with Gasteiger partial charge >= 0.3 is 6.03 Å². The average Bonchev–Trinajstić information content (AvgIpc) is 3.20. The first-order valence-electron chi connectivity index (χ1n) is 14.8. The van der Waals surface area contributed by atoms with E-state index in [4.69, 9.17) is 11.5 Å². The number of nitrogens with one attached hydrogen (secondary N) is 2. The minimum absolute atomic E-state index is 0.138. The normalized spacial score (nSPS) is 13.2. The summed E-state index contributed by atoms with van der Waals surface area (Å²) in [4.78, 5) is 11.5. The number of fused-ring (bicyclic) bond motifs is 5. The van der Waals surface area contributed by atoms with Crippen molar-refractivity contribution < 1.29 is 40.9 Å². The molecule has 6 aromatic rings. The Bertz CT molecular complexity index is 2640. The minimum Gasteiger partial charge on any atom is -0.505 e. The predicted molar refractivity (Wildman–Crippen MR) is 193 cm³/mol. The molecule has 0 radical (unpaired) electrons. The number of anilines is 4. The van der Waals surface area contributed by atoms with Crippen molar-refractivity contribution in [1.82, 2.24) is 0 Å². The molecule has 262 valence electrons. The maximum Gasteiger partial charge on any atom is 0.323 e. The van der Waals surface area contributed by atoms with Gasteiger partial charge in [-0.25, -0.2) is 4.79 Å². The van der Waals surface area contributed by atoms with E-state index in [-0.39, 0.29) is 44.3 Å². The van der Waals surface area contributed by atoms with E-state index in [0.29, 0.717) is 22.5 Å². The Morgan fingerprint density at radius 2 is 0.942 bits per heavy atom. The van der Waals surface area contributed by atoms with Gasteiger partial charge in [0.1, 0.15) is 21.2 Å². The number of carbonyl (C=O) groups is 1. The molecule has 6 aromatic carbocycles. The lowest BCUT2D eigenvalue weighted by Crippen LogP contribution is -2.17. The second-order valence-electron chi connectivity index (χ2n) is 11.5. The Kier molecular flexibility index (Phi) is 7.98. The molecule has 0 saturated carbocycles. The zero-order valence-electron chi connectivity index (χ0n) is 26.2. The molecule has 7 rings (SSSR count). The Morgan fingerprint density at radius 3 is 1.33 bits per heavy atom. The third kappa shape index (κ3) is 6.26.